The van der Waals surface area contributed by atoms with Crippen LogP contribution in [0, 0.1) is 0 Å². The van der Waals surface area contributed by atoms with Gasteiger partial charge in [0.2, 0.25) is 5.11 Å². The van der Waals surface area contributed by atoms with Crippen LogP contribution in [0.2, 0.25) is 0 Å². The van der Waals surface area contributed by atoms with E-state index in [0.29, 0.717) is 5.11 Å². The van der Waals surface area contributed by atoms with E-state index in [0.717, 1.165) is 36.0 Å². The summed E-state index contributed by atoms with van der Waals surface area (Å²) in [6.07, 6.45) is 1.75. The Bertz CT molecular complexity index is 443. The molecular formula is C12H17N5S2. The van der Waals surface area contributed by atoms with Crippen molar-refractivity contribution in [2.24, 2.45) is 5.10 Å². The van der Waals surface area contributed by atoms with E-state index in [1.54, 1.807) is 6.20 Å². The van der Waals surface area contributed by atoms with E-state index >= 15 is 0 Å². The Kier molecular flexibility index (Phi) is 5.56. The van der Waals surface area contributed by atoms with Crippen molar-refractivity contribution in [2.45, 2.75) is 6.92 Å². The summed E-state index contributed by atoms with van der Waals surface area (Å²) in [7, 11) is 0. The van der Waals surface area contributed by atoms with Gasteiger partial charge < -0.3 is 0 Å². The van der Waals surface area contributed by atoms with E-state index in [2.05, 4.69) is 25.9 Å². The molecule has 1 saturated heterocycles. The molecule has 0 atom stereocenters. The molecular weight excluding hydrogens is 278 g/mol. The van der Waals surface area contributed by atoms with Crippen LogP contribution in [0.1, 0.15) is 12.6 Å². The molecule has 1 aliphatic heterocycles. The van der Waals surface area contributed by atoms with Crippen LogP contribution >= 0.6 is 24.0 Å². The predicted molar refractivity (Wildman–Crippen MR) is 84.2 cm³/mol. The van der Waals surface area contributed by atoms with Gasteiger partial charge in [0.1, 0.15) is 0 Å². The monoisotopic (exact) mass is 295 g/mol. The van der Waals surface area contributed by atoms with Crippen molar-refractivity contribution in [1.29, 1.82) is 0 Å². The van der Waals surface area contributed by atoms with Crippen LogP contribution in [0.25, 0.3) is 0 Å². The van der Waals surface area contributed by atoms with Crippen LogP contribution < -0.4 is 10.9 Å². The number of hydrazone groups is 1. The first-order valence-electron chi connectivity index (χ1n) is 6.11. The van der Waals surface area contributed by atoms with Crippen molar-refractivity contribution in [3.05, 3.63) is 30.1 Å². The quantitative estimate of drug-likeness (QED) is 0.497. The largest absolute Gasteiger partial charge is 0.294 e. The lowest BCUT2D eigenvalue weighted by molar-refractivity contribution is 0.260. The second kappa shape index (κ2) is 7.42. The van der Waals surface area contributed by atoms with Crippen LogP contribution in [-0.4, -0.2) is 45.4 Å². The van der Waals surface area contributed by atoms with Crippen molar-refractivity contribution in [3.8, 4) is 0 Å². The van der Waals surface area contributed by atoms with Gasteiger partial charge >= 0.3 is 0 Å². The molecule has 0 spiro atoms. The molecule has 1 aromatic rings. The molecule has 2 N–H and O–H groups in total. The third-order valence-corrected chi connectivity index (χ3v) is 3.76. The number of hydrogen-bond acceptors (Lipinski definition) is 5. The molecule has 0 unspecified atom stereocenters. The van der Waals surface area contributed by atoms with Gasteiger partial charge in [-0.25, -0.2) is 5.01 Å². The van der Waals surface area contributed by atoms with Gasteiger partial charge in [-0.15, -0.1) is 0 Å². The Hall–Kier alpha value is -1.18. The van der Waals surface area contributed by atoms with E-state index in [-0.39, 0.29) is 0 Å². The summed E-state index contributed by atoms with van der Waals surface area (Å²) in [5.41, 5.74) is 7.63. The lowest BCUT2D eigenvalue weighted by atomic mass is 10.3. The van der Waals surface area contributed by atoms with Gasteiger partial charge in [-0.3, -0.25) is 15.8 Å². The maximum Gasteiger partial charge on any atom is 0.201 e. The highest BCUT2D eigenvalue weighted by Crippen LogP contribution is 2.06. The maximum absolute atomic E-state index is 5.21. The minimum atomic E-state index is 0.516. The van der Waals surface area contributed by atoms with Gasteiger partial charge in [-0.05, 0) is 31.3 Å². The molecule has 0 aliphatic carbocycles. The van der Waals surface area contributed by atoms with Crippen LogP contribution in [0.15, 0.2) is 29.5 Å². The molecule has 5 nitrogen and oxygen atoms in total. The summed E-state index contributed by atoms with van der Waals surface area (Å²) in [4.78, 5) is 4.22. The second-order valence-electron chi connectivity index (χ2n) is 4.06. The number of aromatic nitrogens is 1. The fraction of sp³-hybridized carbons (Fsp3) is 0.417. The van der Waals surface area contributed by atoms with Crippen molar-refractivity contribution in [1.82, 2.24) is 20.8 Å². The van der Waals surface area contributed by atoms with Gasteiger partial charge in [0, 0.05) is 30.8 Å². The molecule has 1 fully saturated rings. The average Bonchev–Trinajstić information content (AvgIpc) is 2.47. The number of thiocarbonyl (C=S) groups is 1. The van der Waals surface area contributed by atoms with E-state index in [1.165, 1.54) is 0 Å². The van der Waals surface area contributed by atoms with Crippen molar-refractivity contribution in [3.63, 3.8) is 0 Å². The molecule has 2 rings (SSSR count). The zero-order valence-electron chi connectivity index (χ0n) is 10.8. The minimum Gasteiger partial charge on any atom is -0.294 e. The van der Waals surface area contributed by atoms with Crippen molar-refractivity contribution < 1.29 is 0 Å². The van der Waals surface area contributed by atoms with Crippen LogP contribution in [0.5, 0.6) is 0 Å². The number of nitrogens with one attached hydrogen (secondary N) is 2. The summed E-state index contributed by atoms with van der Waals surface area (Å²) in [5, 5.41) is 6.85. The lowest BCUT2D eigenvalue weighted by Crippen LogP contribution is -2.49. The van der Waals surface area contributed by atoms with Gasteiger partial charge in [0.05, 0.1) is 11.4 Å². The molecule has 0 aromatic carbocycles. The molecule has 0 amide bonds. The van der Waals surface area contributed by atoms with Gasteiger partial charge in [-0.2, -0.15) is 16.9 Å². The first kappa shape index (κ1) is 14.2. The second-order valence-corrected chi connectivity index (χ2v) is 5.70. The van der Waals surface area contributed by atoms with Gasteiger partial charge in [0.15, 0.2) is 0 Å². The van der Waals surface area contributed by atoms with E-state index in [4.69, 9.17) is 12.2 Å². The number of nitrogens with zero attached hydrogens (tertiary/aromatic N) is 3. The molecule has 19 heavy (non-hydrogen) atoms. The van der Waals surface area contributed by atoms with Crippen LogP contribution in [0.3, 0.4) is 0 Å². The van der Waals surface area contributed by atoms with Crippen molar-refractivity contribution in [2.75, 3.05) is 24.6 Å². The first-order chi connectivity index (χ1) is 9.25. The summed E-state index contributed by atoms with van der Waals surface area (Å²) in [6.45, 7) is 3.89. The van der Waals surface area contributed by atoms with E-state index < -0.39 is 0 Å². The van der Waals surface area contributed by atoms with Crippen LogP contribution in [0.4, 0.5) is 0 Å². The van der Waals surface area contributed by atoms with E-state index in [1.807, 2.05) is 36.9 Å². The molecule has 0 saturated carbocycles. The Balaban J connectivity index is 1.82. The third-order valence-electron chi connectivity index (χ3n) is 2.63. The molecule has 2 heterocycles. The number of pyridine rings is 1. The summed E-state index contributed by atoms with van der Waals surface area (Å²) in [5.74, 6) is 2.26. The standard InChI is InChI=1S/C12H17N5S2/c1-10(11-4-2-3-5-13-11)14-15-12(18)16-17-6-8-19-9-7-17/h2-5H,6-9H2,1H3,(H2,15,16,18)/b14-10+. The van der Waals surface area contributed by atoms with Gasteiger partial charge in [0.25, 0.3) is 0 Å². The average molecular weight is 295 g/mol. The molecule has 1 aromatic heterocycles. The molecule has 0 bridgehead atoms. The third kappa shape index (κ3) is 4.77. The zero-order chi connectivity index (χ0) is 13.5. The predicted octanol–water partition coefficient (Wildman–Crippen LogP) is 1.23. The smallest absolute Gasteiger partial charge is 0.201 e. The van der Waals surface area contributed by atoms with Crippen molar-refractivity contribution >= 4 is 34.8 Å². The Labute approximate surface area is 122 Å². The Morgan fingerprint density at radius 1 is 1.42 bits per heavy atom. The number of thioether (sulfide) groups is 1. The Morgan fingerprint density at radius 3 is 2.89 bits per heavy atom. The fourth-order valence-corrected chi connectivity index (χ4v) is 2.69. The molecule has 7 heteroatoms. The van der Waals surface area contributed by atoms with E-state index in [9.17, 15) is 0 Å². The topological polar surface area (TPSA) is 52.6 Å². The maximum atomic E-state index is 5.21. The molecule has 102 valence electrons. The molecule has 1 aliphatic rings. The minimum absolute atomic E-state index is 0.516. The summed E-state index contributed by atoms with van der Waals surface area (Å²) in [6, 6.07) is 5.73. The number of rotatable bonds is 3. The zero-order valence-corrected chi connectivity index (χ0v) is 12.4. The summed E-state index contributed by atoms with van der Waals surface area (Å²) < 4.78 is 0. The lowest BCUT2D eigenvalue weighted by Gasteiger charge is -2.27. The normalized spacial score (nSPS) is 17.0. The molecule has 0 radical (unpaired) electrons. The summed E-state index contributed by atoms with van der Waals surface area (Å²) >= 11 is 7.17. The number of hydrogen-bond donors (Lipinski definition) is 2. The highest BCUT2D eigenvalue weighted by atomic mass is 32.2. The Morgan fingerprint density at radius 2 is 2.21 bits per heavy atom. The fourth-order valence-electron chi connectivity index (χ4n) is 1.61. The number of hydrazine groups is 1. The van der Waals surface area contributed by atoms with Crippen LogP contribution in [-0.2, 0) is 0 Å². The SMILES string of the molecule is C/C(=N\NC(=S)NN1CCSCC1)c1ccccn1. The highest BCUT2D eigenvalue weighted by molar-refractivity contribution is 7.99. The first-order valence-corrected chi connectivity index (χ1v) is 7.67. The van der Waals surface area contributed by atoms with Gasteiger partial charge in [-0.1, -0.05) is 6.07 Å². The highest BCUT2D eigenvalue weighted by Gasteiger charge is 2.10.